The van der Waals surface area contributed by atoms with E-state index in [2.05, 4.69) is 5.32 Å². The van der Waals surface area contributed by atoms with Crippen molar-refractivity contribution in [2.24, 2.45) is 5.92 Å². The molecule has 2 aliphatic rings. The summed E-state index contributed by atoms with van der Waals surface area (Å²) in [6.07, 6.45) is 9.53. The Balaban J connectivity index is 1.37. The molecular weight excluding hydrogens is 374 g/mol. The molecule has 1 aromatic carbocycles. The van der Waals surface area contributed by atoms with E-state index >= 15 is 0 Å². The van der Waals surface area contributed by atoms with Gasteiger partial charge in [-0.05, 0) is 49.3 Å². The molecule has 0 radical (unpaired) electrons. The van der Waals surface area contributed by atoms with Crippen molar-refractivity contribution < 1.29 is 9.59 Å². The molecule has 1 unspecified atom stereocenters. The fourth-order valence-corrected chi connectivity index (χ4v) is 4.69. The van der Waals surface area contributed by atoms with E-state index in [0.29, 0.717) is 17.6 Å². The van der Waals surface area contributed by atoms with Crippen LogP contribution in [0.5, 0.6) is 0 Å². The molecule has 1 aliphatic carbocycles. The molecule has 5 nitrogen and oxygen atoms in total. The lowest BCUT2D eigenvalue weighted by Gasteiger charge is -2.33. The highest BCUT2D eigenvalue weighted by atomic mass is 35.5. The maximum absolute atomic E-state index is 12.9. The van der Waals surface area contributed by atoms with E-state index < -0.39 is 0 Å². The number of carbonyl (C=O) groups excluding carboxylic acids is 2. The number of hydrogen-bond donors (Lipinski definition) is 1. The molecular formula is C22H28ClN3O2. The van der Waals surface area contributed by atoms with Crippen molar-refractivity contribution in [2.75, 3.05) is 13.1 Å². The number of likely N-dealkylation sites (tertiary alicyclic amines) is 1. The zero-order valence-electron chi connectivity index (χ0n) is 16.2. The maximum Gasteiger partial charge on any atom is 0.242 e. The molecule has 0 bridgehead atoms. The fourth-order valence-electron chi connectivity index (χ4n) is 4.52. The van der Waals surface area contributed by atoms with Crippen LogP contribution in [0.2, 0.25) is 5.02 Å². The van der Waals surface area contributed by atoms with E-state index in [1.807, 2.05) is 39.9 Å². The number of halogens is 1. The molecule has 1 atom stereocenters. The van der Waals surface area contributed by atoms with Gasteiger partial charge in [0.05, 0.1) is 5.92 Å². The highest BCUT2D eigenvalue weighted by Crippen LogP contribution is 2.23. The van der Waals surface area contributed by atoms with Crippen LogP contribution in [-0.4, -0.2) is 40.4 Å². The molecule has 0 spiro atoms. The average Bonchev–Trinajstić information content (AvgIpc) is 3.10. The van der Waals surface area contributed by atoms with Gasteiger partial charge < -0.3 is 14.8 Å². The van der Waals surface area contributed by atoms with Crippen LogP contribution in [0.15, 0.2) is 30.5 Å². The van der Waals surface area contributed by atoms with Crippen LogP contribution in [-0.2, 0) is 16.1 Å². The van der Waals surface area contributed by atoms with Gasteiger partial charge in [-0.2, -0.15) is 0 Å². The predicted molar refractivity (Wildman–Crippen MR) is 111 cm³/mol. The van der Waals surface area contributed by atoms with Crippen LogP contribution in [0.4, 0.5) is 0 Å². The van der Waals surface area contributed by atoms with Gasteiger partial charge in [-0.25, -0.2) is 0 Å². The fraction of sp³-hybridized carbons (Fsp3) is 0.545. The molecule has 1 saturated heterocycles. The summed E-state index contributed by atoms with van der Waals surface area (Å²) in [6.45, 7) is 1.53. The molecule has 2 amide bonds. The number of carbonyl (C=O) groups is 2. The molecule has 1 saturated carbocycles. The van der Waals surface area contributed by atoms with Gasteiger partial charge in [0.1, 0.15) is 6.54 Å². The highest BCUT2D eigenvalue weighted by Gasteiger charge is 2.29. The van der Waals surface area contributed by atoms with E-state index in [-0.39, 0.29) is 24.3 Å². The van der Waals surface area contributed by atoms with E-state index in [9.17, 15) is 9.59 Å². The van der Waals surface area contributed by atoms with Crippen molar-refractivity contribution >= 4 is 34.3 Å². The van der Waals surface area contributed by atoms with E-state index in [1.54, 1.807) is 0 Å². The van der Waals surface area contributed by atoms with Gasteiger partial charge in [-0.1, -0.05) is 36.9 Å². The van der Waals surface area contributed by atoms with Crippen molar-refractivity contribution in [3.8, 4) is 0 Å². The minimum Gasteiger partial charge on any atom is -0.353 e. The van der Waals surface area contributed by atoms with Crippen LogP contribution in [0.25, 0.3) is 10.9 Å². The molecule has 2 fully saturated rings. The molecule has 2 heterocycles. The quantitative estimate of drug-likeness (QED) is 0.842. The first kappa shape index (κ1) is 19.3. The summed E-state index contributed by atoms with van der Waals surface area (Å²) in [5.41, 5.74) is 0.962. The van der Waals surface area contributed by atoms with E-state index in [0.717, 1.165) is 43.1 Å². The highest BCUT2D eigenvalue weighted by molar-refractivity contribution is 6.31. The van der Waals surface area contributed by atoms with Crippen molar-refractivity contribution in [3.05, 3.63) is 35.5 Å². The number of nitrogens with one attached hydrogen (secondary N) is 1. The Hall–Kier alpha value is -2.01. The second-order valence-electron chi connectivity index (χ2n) is 8.17. The van der Waals surface area contributed by atoms with Crippen molar-refractivity contribution in [3.63, 3.8) is 0 Å². The third-order valence-corrected chi connectivity index (χ3v) is 6.37. The summed E-state index contributed by atoms with van der Waals surface area (Å²) < 4.78 is 1.94. The largest absolute Gasteiger partial charge is 0.353 e. The zero-order valence-corrected chi connectivity index (χ0v) is 17.0. The zero-order chi connectivity index (χ0) is 19.5. The summed E-state index contributed by atoms with van der Waals surface area (Å²) in [7, 11) is 0. The Morgan fingerprint density at radius 3 is 2.71 bits per heavy atom. The van der Waals surface area contributed by atoms with Crippen molar-refractivity contribution in [1.82, 2.24) is 14.8 Å². The average molecular weight is 402 g/mol. The van der Waals surface area contributed by atoms with Gasteiger partial charge in [0, 0.05) is 35.9 Å². The number of fused-ring (bicyclic) bond motifs is 1. The molecule has 150 valence electrons. The van der Waals surface area contributed by atoms with Crippen LogP contribution < -0.4 is 5.32 Å². The van der Waals surface area contributed by atoms with Gasteiger partial charge in [-0.3, -0.25) is 9.59 Å². The van der Waals surface area contributed by atoms with Gasteiger partial charge in [0.15, 0.2) is 0 Å². The number of aromatic nitrogens is 1. The van der Waals surface area contributed by atoms with Gasteiger partial charge in [-0.15, -0.1) is 0 Å². The second-order valence-corrected chi connectivity index (χ2v) is 8.61. The van der Waals surface area contributed by atoms with Gasteiger partial charge in [0.25, 0.3) is 0 Å². The lowest BCUT2D eigenvalue weighted by Crippen LogP contribution is -2.48. The first-order chi connectivity index (χ1) is 13.6. The van der Waals surface area contributed by atoms with Crippen molar-refractivity contribution in [1.29, 1.82) is 0 Å². The summed E-state index contributed by atoms with van der Waals surface area (Å²) in [5.74, 6) is 0.103. The molecule has 1 aromatic heterocycles. The molecule has 1 N–H and O–H groups in total. The third kappa shape index (κ3) is 4.35. The van der Waals surface area contributed by atoms with E-state index in [4.69, 9.17) is 11.6 Å². The van der Waals surface area contributed by atoms with Crippen molar-refractivity contribution in [2.45, 2.75) is 57.5 Å². The molecule has 2 aromatic rings. The summed E-state index contributed by atoms with van der Waals surface area (Å²) >= 11 is 6.11. The summed E-state index contributed by atoms with van der Waals surface area (Å²) in [5, 5.41) is 4.96. The normalized spacial score (nSPS) is 21.0. The van der Waals surface area contributed by atoms with Crippen LogP contribution >= 0.6 is 11.6 Å². The van der Waals surface area contributed by atoms with Crippen LogP contribution in [0.1, 0.15) is 44.9 Å². The smallest absolute Gasteiger partial charge is 0.242 e. The SMILES string of the molecule is O=C(NC1CCCCC1)C1CCCN(C(=O)Cn2ccc3ccc(Cl)cc32)C1. The third-order valence-electron chi connectivity index (χ3n) is 6.14. The summed E-state index contributed by atoms with van der Waals surface area (Å²) in [4.78, 5) is 27.4. The number of amides is 2. The number of benzene rings is 1. The van der Waals surface area contributed by atoms with Crippen LogP contribution in [0, 0.1) is 5.92 Å². The topological polar surface area (TPSA) is 54.3 Å². The van der Waals surface area contributed by atoms with Gasteiger partial charge in [0.2, 0.25) is 11.8 Å². The lowest BCUT2D eigenvalue weighted by molar-refractivity contribution is -0.136. The molecule has 1 aliphatic heterocycles. The Morgan fingerprint density at radius 2 is 1.89 bits per heavy atom. The Bertz CT molecular complexity index is 857. The van der Waals surface area contributed by atoms with Crippen LogP contribution in [0.3, 0.4) is 0 Å². The standard InChI is InChI=1S/C22H28ClN3O2/c23-18-9-8-16-10-12-25(20(16)13-18)15-21(27)26-11-4-5-17(14-26)22(28)24-19-6-2-1-3-7-19/h8-10,12-13,17,19H,1-7,11,14-15H2,(H,24,28). The van der Waals surface area contributed by atoms with Gasteiger partial charge >= 0.3 is 0 Å². The Labute approximate surface area is 171 Å². The predicted octanol–water partition coefficient (Wildman–Crippen LogP) is 3.98. The number of piperidine rings is 1. The Morgan fingerprint density at radius 1 is 1.07 bits per heavy atom. The monoisotopic (exact) mass is 401 g/mol. The molecule has 6 heteroatoms. The molecule has 4 rings (SSSR count). The lowest BCUT2D eigenvalue weighted by atomic mass is 9.93. The Kier molecular flexibility index (Phi) is 5.90. The number of rotatable bonds is 4. The second kappa shape index (κ2) is 8.56. The number of hydrogen-bond acceptors (Lipinski definition) is 2. The number of nitrogens with zero attached hydrogens (tertiary/aromatic N) is 2. The minimum atomic E-state index is -0.0875. The first-order valence-electron chi connectivity index (χ1n) is 10.4. The minimum absolute atomic E-state index is 0.0626. The first-order valence-corrected chi connectivity index (χ1v) is 10.8. The van der Waals surface area contributed by atoms with E-state index in [1.165, 1.54) is 19.3 Å². The summed E-state index contributed by atoms with van der Waals surface area (Å²) in [6, 6.07) is 8.03. The maximum atomic E-state index is 12.9. The molecule has 28 heavy (non-hydrogen) atoms.